The highest BCUT2D eigenvalue weighted by molar-refractivity contribution is 5.96. The molecule has 1 amide bonds. The third kappa shape index (κ3) is 7.06. The fraction of sp³-hybridized carbons (Fsp3) is 0.667. The van der Waals surface area contributed by atoms with Crippen LogP contribution in [0.1, 0.15) is 26.7 Å². The molecule has 146 valence electrons. The van der Waals surface area contributed by atoms with E-state index in [0.717, 1.165) is 63.6 Å². The van der Waals surface area contributed by atoms with Crippen LogP contribution in [0.2, 0.25) is 0 Å². The summed E-state index contributed by atoms with van der Waals surface area (Å²) in [6, 6.07) is 0. The fourth-order valence-corrected chi connectivity index (χ4v) is 3.46. The van der Waals surface area contributed by atoms with Gasteiger partial charge in [-0.1, -0.05) is 18.2 Å². The van der Waals surface area contributed by atoms with Gasteiger partial charge >= 0.3 is 0 Å². The summed E-state index contributed by atoms with van der Waals surface area (Å²) in [5, 5.41) is 3.14. The number of allylic oxidation sites excluding steroid dienone is 2. The molecule has 0 unspecified atom stereocenters. The van der Waals surface area contributed by atoms with Gasteiger partial charge in [0.2, 0.25) is 0 Å². The number of hydrogen-bond acceptors (Lipinski definition) is 4. The maximum Gasteiger partial charge on any atom is 0.250 e. The van der Waals surface area contributed by atoms with E-state index in [0.29, 0.717) is 5.92 Å². The van der Waals surface area contributed by atoms with Crippen LogP contribution in [-0.4, -0.2) is 75.2 Å². The number of rotatable bonds is 7. The number of amides is 1. The lowest BCUT2D eigenvalue weighted by atomic mass is 9.97. The van der Waals surface area contributed by atoms with Gasteiger partial charge in [-0.05, 0) is 64.4 Å². The van der Waals surface area contributed by atoms with Gasteiger partial charge in [-0.25, -0.2) is 0 Å². The maximum absolute atomic E-state index is 12.6. The molecule has 0 aromatic heterocycles. The zero-order valence-corrected chi connectivity index (χ0v) is 16.7. The highest BCUT2D eigenvalue weighted by Crippen LogP contribution is 2.15. The largest absolute Gasteiger partial charge is 0.379 e. The van der Waals surface area contributed by atoms with Gasteiger partial charge in [-0.3, -0.25) is 9.69 Å². The molecule has 2 aliphatic rings. The van der Waals surface area contributed by atoms with Crippen LogP contribution in [-0.2, 0) is 9.53 Å². The Balaban J connectivity index is 1.90. The second kappa shape index (κ2) is 11.3. The molecule has 5 nitrogen and oxygen atoms in total. The lowest BCUT2D eigenvalue weighted by Gasteiger charge is -2.29. The van der Waals surface area contributed by atoms with Gasteiger partial charge in [0.05, 0.1) is 13.2 Å². The van der Waals surface area contributed by atoms with Crippen molar-refractivity contribution in [3.8, 4) is 0 Å². The van der Waals surface area contributed by atoms with Crippen LogP contribution in [0.4, 0.5) is 0 Å². The molecule has 2 fully saturated rings. The predicted octanol–water partition coefficient (Wildman–Crippen LogP) is 2.23. The number of nitrogens with zero attached hydrogens (tertiary/aromatic N) is 2. The Kier molecular flexibility index (Phi) is 9.09. The van der Waals surface area contributed by atoms with E-state index in [4.69, 9.17) is 4.74 Å². The Morgan fingerprint density at radius 2 is 1.85 bits per heavy atom. The summed E-state index contributed by atoms with van der Waals surface area (Å²) >= 11 is 0. The molecular formula is C21H35N3O2. The molecule has 2 aliphatic heterocycles. The number of carbonyl (C=O) groups excluding carboxylic acids is 1. The molecule has 0 aromatic carbocycles. The average Bonchev–Trinajstić information content (AvgIpc) is 2.66. The van der Waals surface area contributed by atoms with E-state index < -0.39 is 0 Å². The first-order valence-corrected chi connectivity index (χ1v) is 9.88. The van der Waals surface area contributed by atoms with Crippen LogP contribution in [0.15, 0.2) is 35.5 Å². The van der Waals surface area contributed by atoms with E-state index >= 15 is 0 Å². The van der Waals surface area contributed by atoms with Gasteiger partial charge in [0.1, 0.15) is 0 Å². The second-order valence-electron chi connectivity index (χ2n) is 7.31. The smallest absolute Gasteiger partial charge is 0.250 e. The predicted molar refractivity (Wildman–Crippen MR) is 107 cm³/mol. The molecule has 0 atom stereocenters. The zero-order chi connectivity index (χ0) is 18.8. The summed E-state index contributed by atoms with van der Waals surface area (Å²) < 4.78 is 5.42. The van der Waals surface area contributed by atoms with Gasteiger partial charge < -0.3 is 15.0 Å². The fourth-order valence-electron chi connectivity index (χ4n) is 3.46. The van der Waals surface area contributed by atoms with Crippen molar-refractivity contribution in [2.45, 2.75) is 26.7 Å². The molecule has 0 bridgehead atoms. The van der Waals surface area contributed by atoms with Crippen molar-refractivity contribution in [3.63, 3.8) is 0 Å². The Labute approximate surface area is 158 Å². The minimum atomic E-state index is 0.0374. The molecule has 2 saturated heterocycles. The van der Waals surface area contributed by atoms with Crippen molar-refractivity contribution in [2.24, 2.45) is 5.92 Å². The minimum absolute atomic E-state index is 0.0374. The van der Waals surface area contributed by atoms with E-state index in [9.17, 15) is 4.79 Å². The Bertz CT molecular complexity index is 525. The van der Waals surface area contributed by atoms with Crippen LogP contribution in [0.3, 0.4) is 0 Å². The monoisotopic (exact) mass is 361 g/mol. The van der Waals surface area contributed by atoms with Gasteiger partial charge in [0.15, 0.2) is 0 Å². The van der Waals surface area contributed by atoms with E-state index in [2.05, 4.69) is 28.2 Å². The van der Waals surface area contributed by atoms with Crippen LogP contribution < -0.4 is 5.32 Å². The van der Waals surface area contributed by atoms with Crippen molar-refractivity contribution in [1.82, 2.24) is 15.1 Å². The normalized spacial score (nSPS) is 22.1. The number of hydrogen-bond donors (Lipinski definition) is 1. The molecule has 0 aliphatic carbocycles. The van der Waals surface area contributed by atoms with Gasteiger partial charge in [0.25, 0.3) is 5.91 Å². The highest BCUT2D eigenvalue weighted by atomic mass is 16.5. The van der Waals surface area contributed by atoms with Gasteiger partial charge in [-0.2, -0.15) is 0 Å². The van der Waals surface area contributed by atoms with Crippen LogP contribution >= 0.6 is 0 Å². The summed E-state index contributed by atoms with van der Waals surface area (Å²) in [6.07, 6.45) is 10.4. The number of nitrogens with one attached hydrogen (secondary N) is 1. The summed E-state index contributed by atoms with van der Waals surface area (Å²) in [5.41, 5.74) is 1.91. The van der Waals surface area contributed by atoms with E-state index in [1.165, 1.54) is 12.8 Å². The molecule has 2 heterocycles. The minimum Gasteiger partial charge on any atom is -0.379 e. The lowest BCUT2D eigenvalue weighted by molar-refractivity contribution is -0.117. The number of ether oxygens (including phenoxy) is 1. The van der Waals surface area contributed by atoms with E-state index in [1.54, 1.807) is 0 Å². The Morgan fingerprint density at radius 1 is 1.15 bits per heavy atom. The summed E-state index contributed by atoms with van der Waals surface area (Å²) in [5.74, 6) is 0.635. The van der Waals surface area contributed by atoms with Crippen LogP contribution in [0.5, 0.6) is 0 Å². The first-order valence-electron chi connectivity index (χ1n) is 9.88. The van der Waals surface area contributed by atoms with Gasteiger partial charge in [0, 0.05) is 31.8 Å². The number of morpholine rings is 1. The number of piperidine rings is 1. The quantitative estimate of drug-likeness (QED) is 0.558. The van der Waals surface area contributed by atoms with Crippen molar-refractivity contribution in [1.29, 1.82) is 0 Å². The molecule has 0 radical (unpaired) electrons. The van der Waals surface area contributed by atoms with Crippen molar-refractivity contribution in [3.05, 3.63) is 35.5 Å². The topological polar surface area (TPSA) is 44.8 Å². The first kappa shape index (κ1) is 20.9. The standard InChI is InChI=1S/C21H35N3O2/c1-4-6-19(17-24-11-13-26-14-12-24)15-20(5-2)21(25)22-16-18-7-9-23(3)10-8-18/h4-6,15,18H,7-14,16-17H2,1-3H3,(H,22,25)/b6-4-,19-15+,20-5-. The molecule has 2 rings (SSSR count). The Hall–Kier alpha value is -1.43. The average molecular weight is 362 g/mol. The van der Waals surface area contributed by atoms with Crippen LogP contribution in [0.25, 0.3) is 0 Å². The molecule has 0 spiro atoms. The SMILES string of the molecule is C\C=C/C(=C\C(=C\C)C(=O)NCC1CCN(C)CC1)CN1CCOCC1. The molecular weight excluding hydrogens is 326 g/mol. The number of carbonyl (C=O) groups is 1. The molecule has 5 heteroatoms. The molecule has 0 saturated carbocycles. The van der Waals surface area contributed by atoms with E-state index in [-0.39, 0.29) is 5.91 Å². The zero-order valence-electron chi connectivity index (χ0n) is 16.7. The maximum atomic E-state index is 12.6. The first-order chi connectivity index (χ1) is 12.6. The molecule has 0 aromatic rings. The highest BCUT2D eigenvalue weighted by Gasteiger charge is 2.18. The number of likely N-dealkylation sites (tertiary alicyclic amines) is 1. The van der Waals surface area contributed by atoms with Crippen molar-refractivity contribution >= 4 is 5.91 Å². The molecule has 26 heavy (non-hydrogen) atoms. The summed E-state index contributed by atoms with van der Waals surface area (Å²) in [6.45, 7) is 11.3. The van der Waals surface area contributed by atoms with Gasteiger partial charge in [-0.15, -0.1) is 0 Å². The second-order valence-corrected chi connectivity index (χ2v) is 7.31. The van der Waals surface area contributed by atoms with Crippen molar-refractivity contribution in [2.75, 3.05) is 59.5 Å². The van der Waals surface area contributed by atoms with Crippen molar-refractivity contribution < 1.29 is 9.53 Å². The lowest BCUT2D eigenvalue weighted by Crippen LogP contribution is -2.38. The molecule has 1 N–H and O–H groups in total. The third-order valence-corrected chi connectivity index (χ3v) is 5.19. The Morgan fingerprint density at radius 3 is 2.46 bits per heavy atom. The van der Waals surface area contributed by atoms with E-state index in [1.807, 2.05) is 32.1 Å². The van der Waals surface area contributed by atoms with Crippen LogP contribution in [0, 0.1) is 5.92 Å². The summed E-state index contributed by atoms with van der Waals surface area (Å²) in [4.78, 5) is 17.3. The summed E-state index contributed by atoms with van der Waals surface area (Å²) in [7, 11) is 2.16. The third-order valence-electron chi connectivity index (χ3n) is 5.19.